The molecule has 1 aromatic carbocycles. The highest BCUT2D eigenvalue weighted by atomic mass is 127. The molecular weight excluding hydrogens is 363 g/mol. The fourth-order valence-electron chi connectivity index (χ4n) is 1.46. The summed E-state index contributed by atoms with van der Waals surface area (Å²) in [4.78, 5) is 16.0. The zero-order chi connectivity index (χ0) is 13.1. The molecule has 1 heterocycles. The number of amides is 1. The molecule has 1 aromatic heterocycles. The average molecular weight is 373 g/mol. The summed E-state index contributed by atoms with van der Waals surface area (Å²) in [5, 5.41) is 3.23. The Morgan fingerprint density at radius 1 is 1.39 bits per heavy atom. The Hall–Kier alpha value is -1.14. The molecule has 92 valence electrons. The first-order valence-corrected chi connectivity index (χ1v) is 6.70. The number of aryl methyl sites for hydroxylation is 1. The highest BCUT2D eigenvalue weighted by Gasteiger charge is 2.11. The number of hydrogen-bond acceptors (Lipinski definition) is 2. The first kappa shape index (κ1) is 13.3. The highest BCUT2D eigenvalue weighted by Crippen LogP contribution is 2.20. The molecule has 1 amide bonds. The number of aromatic nitrogens is 1. The van der Waals surface area contributed by atoms with Crippen molar-refractivity contribution < 1.29 is 4.79 Å². The van der Waals surface area contributed by atoms with Gasteiger partial charge >= 0.3 is 0 Å². The zero-order valence-electron chi connectivity index (χ0n) is 9.58. The minimum Gasteiger partial charge on any atom is -0.322 e. The summed E-state index contributed by atoms with van der Waals surface area (Å²) >= 11 is 8.15. The van der Waals surface area contributed by atoms with Crippen LogP contribution in [0.2, 0.25) is 5.02 Å². The molecule has 1 N–H and O–H groups in total. The largest absolute Gasteiger partial charge is 0.322 e. The van der Waals surface area contributed by atoms with Crippen molar-refractivity contribution in [3.8, 4) is 0 Å². The molecular formula is C13H10ClIN2O. The smallest absolute Gasteiger partial charge is 0.258 e. The molecule has 0 saturated carbocycles. The monoisotopic (exact) mass is 372 g/mol. The molecule has 0 unspecified atom stereocenters. The second kappa shape index (κ2) is 5.67. The van der Waals surface area contributed by atoms with Crippen molar-refractivity contribution in [1.82, 2.24) is 4.98 Å². The second-order valence-corrected chi connectivity index (χ2v) is 5.42. The van der Waals surface area contributed by atoms with Gasteiger partial charge in [0.1, 0.15) is 0 Å². The topological polar surface area (TPSA) is 42.0 Å². The summed E-state index contributed by atoms with van der Waals surface area (Å²) in [5.74, 6) is -0.252. The van der Waals surface area contributed by atoms with E-state index < -0.39 is 0 Å². The van der Waals surface area contributed by atoms with Crippen molar-refractivity contribution in [1.29, 1.82) is 0 Å². The lowest BCUT2D eigenvalue weighted by Crippen LogP contribution is -2.13. The van der Waals surface area contributed by atoms with Crippen LogP contribution in [0.15, 0.2) is 36.7 Å². The Kier molecular flexibility index (Phi) is 4.19. The number of rotatable bonds is 2. The predicted octanol–water partition coefficient (Wildman–Crippen LogP) is 3.90. The van der Waals surface area contributed by atoms with Gasteiger partial charge < -0.3 is 5.32 Å². The van der Waals surface area contributed by atoms with Crippen molar-refractivity contribution in [3.05, 3.63) is 56.4 Å². The first-order chi connectivity index (χ1) is 8.58. The average Bonchev–Trinajstić information content (AvgIpc) is 2.34. The Labute approximate surface area is 124 Å². The van der Waals surface area contributed by atoms with Gasteiger partial charge in [-0.1, -0.05) is 17.7 Å². The van der Waals surface area contributed by atoms with Gasteiger partial charge in [-0.05, 0) is 53.3 Å². The highest BCUT2D eigenvalue weighted by molar-refractivity contribution is 14.1. The van der Waals surface area contributed by atoms with Crippen LogP contribution in [0.25, 0.3) is 0 Å². The molecule has 2 rings (SSSR count). The van der Waals surface area contributed by atoms with Crippen LogP contribution in [0.5, 0.6) is 0 Å². The van der Waals surface area contributed by atoms with Crippen molar-refractivity contribution in [2.24, 2.45) is 0 Å². The van der Waals surface area contributed by atoms with Gasteiger partial charge in [0.25, 0.3) is 5.91 Å². The van der Waals surface area contributed by atoms with Gasteiger partial charge in [0.05, 0.1) is 10.6 Å². The van der Waals surface area contributed by atoms with Crippen LogP contribution in [-0.2, 0) is 0 Å². The quantitative estimate of drug-likeness (QED) is 0.813. The fraction of sp³-hybridized carbons (Fsp3) is 0.0769. The lowest BCUT2D eigenvalue weighted by molar-refractivity contribution is 0.102. The molecule has 0 atom stereocenters. The Morgan fingerprint density at radius 2 is 2.17 bits per heavy atom. The van der Waals surface area contributed by atoms with Gasteiger partial charge in [-0.3, -0.25) is 9.78 Å². The molecule has 0 aliphatic rings. The van der Waals surface area contributed by atoms with Crippen LogP contribution < -0.4 is 5.32 Å². The van der Waals surface area contributed by atoms with E-state index in [1.54, 1.807) is 12.3 Å². The summed E-state index contributed by atoms with van der Waals surface area (Å²) in [6.45, 7) is 1.94. The molecule has 18 heavy (non-hydrogen) atoms. The van der Waals surface area contributed by atoms with Crippen molar-refractivity contribution in [2.45, 2.75) is 6.92 Å². The van der Waals surface area contributed by atoms with E-state index >= 15 is 0 Å². The maximum absolute atomic E-state index is 12.1. The molecule has 0 aliphatic carbocycles. The lowest BCUT2D eigenvalue weighted by atomic mass is 10.2. The number of hydrogen-bond donors (Lipinski definition) is 1. The van der Waals surface area contributed by atoms with Gasteiger partial charge in [-0.25, -0.2) is 0 Å². The normalized spacial score (nSPS) is 10.2. The van der Waals surface area contributed by atoms with Crippen LogP contribution in [0.3, 0.4) is 0 Å². The SMILES string of the molecule is Cc1ccc(I)cc1NC(=O)c1cnccc1Cl. The number of benzene rings is 1. The number of carbonyl (C=O) groups excluding carboxylic acids is 1. The lowest BCUT2D eigenvalue weighted by Gasteiger charge is -2.09. The van der Waals surface area contributed by atoms with Gasteiger partial charge in [0.2, 0.25) is 0 Å². The number of anilines is 1. The van der Waals surface area contributed by atoms with Crippen LogP contribution >= 0.6 is 34.2 Å². The maximum atomic E-state index is 12.1. The zero-order valence-corrected chi connectivity index (χ0v) is 12.5. The fourth-order valence-corrected chi connectivity index (χ4v) is 2.15. The molecule has 0 bridgehead atoms. The Balaban J connectivity index is 2.27. The minimum absolute atomic E-state index is 0.252. The van der Waals surface area contributed by atoms with Crippen molar-refractivity contribution >= 4 is 45.8 Å². The molecule has 5 heteroatoms. The summed E-state index contributed by atoms with van der Waals surface area (Å²) in [7, 11) is 0. The molecule has 2 aromatic rings. The van der Waals surface area contributed by atoms with Gasteiger partial charge in [-0.15, -0.1) is 0 Å². The summed E-state index contributed by atoms with van der Waals surface area (Å²) < 4.78 is 1.06. The van der Waals surface area contributed by atoms with Gasteiger partial charge in [0, 0.05) is 21.7 Å². The van der Waals surface area contributed by atoms with Crippen molar-refractivity contribution in [3.63, 3.8) is 0 Å². The molecule has 0 aliphatic heterocycles. The first-order valence-electron chi connectivity index (χ1n) is 5.25. The predicted molar refractivity (Wildman–Crippen MR) is 81.1 cm³/mol. The molecule has 0 radical (unpaired) electrons. The number of halogens is 2. The van der Waals surface area contributed by atoms with E-state index in [9.17, 15) is 4.79 Å². The maximum Gasteiger partial charge on any atom is 0.258 e. The van der Waals surface area contributed by atoms with Crippen LogP contribution in [0.4, 0.5) is 5.69 Å². The van der Waals surface area contributed by atoms with E-state index in [4.69, 9.17) is 11.6 Å². The molecule has 0 spiro atoms. The summed E-state index contributed by atoms with van der Waals surface area (Å²) in [6.07, 6.45) is 3.01. The van der Waals surface area contributed by atoms with Gasteiger partial charge in [-0.2, -0.15) is 0 Å². The molecule has 3 nitrogen and oxygen atoms in total. The van der Waals surface area contributed by atoms with E-state index in [0.717, 1.165) is 14.8 Å². The standard InChI is InChI=1S/C13H10ClIN2O/c1-8-2-3-9(15)6-12(8)17-13(18)10-7-16-5-4-11(10)14/h2-7H,1H3,(H,17,18). The third kappa shape index (κ3) is 3.00. The number of nitrogens with zero attached hydrogens (tertiary/aromatic N) is 1. The number of pyridine rings is 1. The van der Waals surface area contributed by atoms with Gasteiger partial charge in [0.15, 0.2) is 0 Å². The van der Waals surface area contributed by atoms with E-state index in [2.05, 4.69) is 32.9 Å². The Bertz CT molecular complexity index is 601. The van der Waals surface area contributed by atoms with E-state index in [1.165, 1.54) is 6.20 Å². The third-order valence-electron chi connectivity index (χ3n) is 2.46. The molecule has 0 saturated heterocycles. The van der Waals surface area contributed by atoms with Crippen LogP contribution in [-0.4, -0.2) is 10.9 Å². The number of nitrogens with one attached hydrogen (secondary N) is 1. The van der Waals surface area contributed by atoms with Crippen LogP contribution in [0.1, 0.15) is 15.9 Å². The van der Waals surface area contributed by atoms with E-state index in [1.807, 2.05) is 25.1 Å². The summed E-state index contributed by atoms with van der Waals surface area (Å²) in [5.41, 5.74) is 2.16. The van der Waals surface area contributed by atoms with Crippen LogP contribution in [0, 0.1) is 10.5 Å². The Morgan fingerprint density at radius 3 is 2.89 bits per heavy atom. The number of carbonyl (C=O) groups is 1. The summed E-state index contributed by atoms with van der Waals surface area (Å²) in [6, 6.07) is 7.46. The van der Waals surface area contributed by atoms with Crippen molar-refractivity contribution in [2.75, 3.05) is 5.32 Å². The van der Waals surface area contributed by atoms with E-state index in [-0.39, 0.29) is 5.91 Å². The minimum atomic E-state index is -0.252. The second-order valence-electron chi connectivity index (χ2n) is 3.77. The van der Waals surface area contributed by atoms with E-state index in [0.29, 0.717) is 10.6 Å². The third-order valence-corrected chi connectivity index (χ3v) is 3.46. The molecule has 0 fully saturated rings.